The van der Waals surface area contributed by atoms with E-state index in [1.54, 1.807) is 19.2 Å². The van der Waals surface area contributed by atoms with Crippen LogP contribution in [0.4, 0.5) is 13.2 Å². The zero-order chi connectivity index (χ0) is 20.4. The number of aliphatic hydroxyl groups is 1. The quantitative estimate of drug-likeness (QED) is 0.281. The molecule has 10 heteroatoms. The van der Waals surface area contributed by atoms with Crippen LogP contribution in [0, 0.1) is 0 Å². The first-order chi connectivity index (χ1) is 13.4. The van der Waals surface area contributed by atoms with Crippen molar-refractivity contribution in [2.24, 2.45) is 4.99 Å². The van der Waals surface area contributed by atoms with Crippen molar-refractivity contribution < 1.29 is 23.0 Å². The number of rotatable bonds is 8. The third-order valence-electron chi connectivity index (χ3n) is 3.90. The molecule has 0 radical (unpaired) electrons. The van der Waals surface area contributed by atoms with Gasteiger partial charge in [0.05, 0.1) is 6.61 Å². The Morgan fingerprint density at radius 3 is 2.52 bits per heavy atom. The number of benzene rings is 1. The number of nitrogens with zero attached hydrogens (tertiary/aromatic N) is 2. The number of pyridine rings is 1. The van der Waals surface area contributed by atoms with Gasteiger partial charge in [-0.1, -0.05) is 36.4 Å². The highest BCUT2D eigenvalue weighted by atomic mass is 127. The Hall–Kier alpha value is -2.08. The lowest BCUT2D eigenvalue weighted by molar-refractivity contribution is -0.154. The molecule has 3 N–H and O–H groups in total. The Morgan fingerprint density at radius 1 is 1.17 bits per heavy atom. The maximum Gasteiger partial charge on any atom is 0.422 e. The Kier molecular flexibility index (Phi) is 10.7. The molecule has 0 spiro atoms. The van der Waals surface area contributed by atoms with Crippen LogP contribution in [-0.4, -0.2) is 49.0 Å². The summed E-state index contributed by atoms with van der Waals surface area (Å²) in [6, 6.07) is 12.8. The van der Waals surface area contributed by atoms with Gasteiger partial charge in [-0.3, -0.25) is 4.99 Å². The number of aliphatic hydroxyl groups excluding tert-OH is 1. The summed E-state index contributed by atoms with van der Waals surface area (Å²) in [5.74, 6) is 0.240. The van der Waals surface area contributed by atoms with Crippen LogP contribution in [0.5, 0.6) is 5.88 Å². The van der Waals surface area contributed by atoms with Gasteiger partial charge in [0.25, 0.3) is 0 Å². The van der Waals surface area contributed by atoms with Gasteiger partial charge in [0.2, 0.25) is 5.88 Å². The van der Waals surface area contributed by atoms with Gasteiger partial charge in [0.15, 0.2) is 12.6 Å². The van der Waals surface area contributed by atoms with E-state index < -0.39 is 12.8 Å². The summed E-state index contributed by atoms with van der Waals surface area (Å²) in [4.78, 5) is 7.95. The first kappa shape index (κ1) is 25.0. The highest BCUT2D eigenvalue weighted by Crippen LogP contribution is 2.20. The molecule has 0 aliphatic rings. The third kappa shape index (κ3) is 8.86. The van der Waals surface area contributed by atoms with Gasteiger partial charge in [-0.05, 0) is 11.6 Å². The van der Waals surface area contributed by atoms with Crippen molar-refractivity contribution >= 4 is 29.9 Å². The molecule has 1 aromatic carbocycles. The van der Waals surface area contributed by atoms with Crippen LogP contribution < -0.4 is 15.4 Å². The number of halogens is 4. The van der Waals surface area contributed by atoms with E-state index >= 15 is 0 Å². The zero-order valence-corrected chi connectivity index (χ0v) is 18.1. The Labute approximate surface area is 184 Å². The second kappa shape index (κ2) is 12.5. The lowest BCUT2D eigenvalue weighted by Crippen LogP contribution is -2.39. The number of aromatic nitrogens is 1. The van der Waals surface area contributed by atoms with Crippen molar-refractivity contribution in [3.63, 3.8) is 0 Å². The minimum absolute atomic E-state index is 0. The van der Waals surface area contributed by atoms with E-state index in [4.69, 9.17) is 4.74 Å². The molecule has 1 heterocycles. The van der Waals surface area contributed by atoms with Crippen LogP contribution >= 0.6 is 24.0 Å². The number of hydrogen-bond acceptors (Lipinski definition) is 4. The predicted molar refractivity (Wildman–Crippen MR) is 116 cm³/mol. The summed E-state index contributed by atoms with van der Waals surface area (Å²) in [7, 11) is 1.58. The predicted octanol–water partition coefficient (Wildman–Crippen LogP) is 3.08. The fourth-order valence-electron chi connectivity index (χ4n) is 2.47. The summed E-state index contributed by atoms with van der Waals surface area (Å²) in [5.41, 5.74) is 1.46. The summed E-state index contributed by atoms with van der Waals surface area (Å²) >= 11 is 0. The van der Waals surface area contributed by atoms with Gasteiger partial charge in [0.1, 0.15) is 0 Å². The third-order valence-corrected chi connectivity index (χ3v) is 3.90. The van der Waals surface area contributed by atoms with Crippen LogP contribution in [0.3, 0.4) is 0 Å². The second-order valence-electron chi connectivity index (χ2n) is 5.97. The van der Waals surface area contributed by atoms with Crippen LogP contribution in [-0.2, 0) is 6.54 Å². The molecule has 0 saturated carbocycles. The summed E-state index contributed by atoms with van der Waals surface area (Å²) in [6.07, 6.45) is -3.06. The van der Waals surface area contributed by atoms with Crippen molar-refractivity contribution in [1.82, 2.24) is 15.6 Å². The van der Waals surface area contributed by atoms with E-state index in [0.29, 0.717) is 18.1 Å². The van der Waals surface area contributed by atoms with Gasteiger partial charge in [0, 0.05) is 37.8 Å². The Morgan fingerprint density at radius 2 is 1.90 bits per heavy atom. The van der Waals surface area contributed by atoms with Crippen molar-refractivity contribution in [2.45, 2.75) is 18.6 Å². The molecule has 1 unspecified atom stereocenters. The largest absolute Gasteiger partial charge is 0.468 e. The fraction of sp³-hybridized carbons (Fsp3) is 0.368. The van der Waals surface area contributed by atoms with Crippen LogP contribution in [0.1, 0.15) is 17.0 Å². The molecular weight excluding hydrogens is 500 g/mol. The molecule has 1 atom stereocenters. The number of alkyl halides is 3. The maximum absolute atomic E-state index is 12.4. The van der Waals surface area contributed by atoms with Crippen LogP contribution in [0.25, 0.3) is 0 Å². The van der Waals surface area contributed by atoms with E-state index in [1.165, 1.54) is 6.20 Å². The van der Waals surface area contributed by atoms with Gasteiger partial charge in [-0.25, -0.2) is 4.98 Å². The van der Waals surface area contributed by atoms with Gasteiger partial charge >= 0.3 is 6.18 Å². The van der Waals surface area contributed by atoms with E-state index in [1.807, 2.05) is 30.3 Å². The lowest BCUT2D eigenvalue weighted by atomic mass is 10.0. The Balaban J connectivity index is 0.00000420. The highest BCUT2D eigenvalue weighted by molar-refractivity contribution is 14.0. The molecule has 0 fully saturated rings. The minimum Gasteiger partial charge on any atom is -0.468 e. The number of aliphatic imine (C=N–C) groups is 1. The number of nitrogens with one attached hydrogen (secondary N) is 2. The molecule has 0 amide bonds. The molecule has 160 valence electrons. The fourth-order valence-corrected chi connectivity index (χ4v) is 2.47. The Bertz CT molecular complexity index is 761. The van der Waals surface area contributed by atoms with E-state index in [-0.39, 0.29) is 48.9 Å². The van der Waals surface area contributed by atoms with E-state index in [0.717, 1.165) is 5.56 Å². The summed E-state index contributed by atoms with van der Waals surface area (Å²) < 4.78 is 41.9. The standard InChI is InChI=1S/C19H23F3N4O2.HI/c1-23-18(26-11-16(12-27)14-6-3-2-4-7-14)25-10-15-8-5-9-24-17(15)28-13-19(20,21)22;/h2-9,16,27H,10-13H2,1H3,(H2,23,25,26);1H. The monoisotopic (exact) mass is 524 g/mol. The zero-order valence-electron chi connectivity index (χ0n) is 15.8. The van der Waals surface area contributed by atoms with Crippen molar-refractivity contribution in [2.75, 3.05) is 26.8 Å². The average molecular weight is 524 g/mol. The average Bonchev–Trinajstić information content (AvgIpc) is 2.70. The molecule has 1 aromatic heterocycles. The normalized spacial score (nSPS) is 12.7. The molecule has 29 heavy (non-hydrogen) atoms. The first-order valence-electron chi connectivity index (χ1n) is 8.66. The SMILES string of the molecule is CN=C(NCc1cccnc1OCC(F)(F)F)NCC(CO)c1ccccc1.I. The van der Waals surface area contributed by atoms with Crippen LogP contribution in [0.15, 0.2) is 53.7 Å². The highest BCUT2D eigenvalue weighted by Gasteiger charge is 2.29. The van der Waals surface area contributed by atoms with Gasteiger partial charge in [-0.2, -0.15) is 13.2 Å². The first-order valence-corrected chi connectivity index (χ1v) is 8.66. The summed E-state index contributed by atoms with van der Waals surface area (Å²) in [6.45, 7) is -0.828. The molecule has 2 rings (SSSR count). The number of guanidine groups is 1. The minimum atomic E-state index is -4.43. The molecular formula is C19H24F3IN4O2. The molecule has 6 nitrogen and oxygen atoms in total. The van der Waals surface area contributed by atoms with E-state index in [9.17, 15) is 18.3 Å². The van der Waals surface area contributed by atoms with Crippen molar-refractivity contribution in [3.05, 3.63) is 59.8 Å². The van der Waals surface area contributed by atoms with Crippen LogP contribution in [0.2, 0.25) is 0 Å². The van der Waals surface area contributed by atoms with E-state index in [2.05, 4.69) is 20.6 Å². The van der Waals surface area contributed by atoms with Crippen molar-refractivity contribution in [3.8, 4) is 5.88 Å². The van der Waals surface area contributed by atoms with Gasteiger partial charge < -0.3 is 20.5 Å². The molecule has 0 aliphatic carbocycles. The summed E-state index contributed by atoms with van der Waals surface area (Å²) in [5, 5.41) is 15.7. The van der Waals surface area contributed by atoms with Crippen molar-refractivity contribution in [1.29, 1.82) is 0 Å². The van der Waals surface area contributed by atoms with Gasteiger partial charge in [-0.15, -0.1) is 24.0 Å². The topological polar surface area (TPSA) is 78.8 Å². The number of ether oxygens (including phenoxy) is 1. The molecule has 0 bridgehead atoms. The number of hydrogen-bond donors (Lipinski definition) is 3. The maximum atomic E-state index is 12.4. The second-order valence-corrected chi connectivity index (χ2v) is 5.97. The smallest absolute Gasteiger partial charge is 0.422 e. The molecule has 0 saturated heterocycles. The molecule has 0 aliphatic heterocycles. The lowest BCUT2D eigenvalue weighted by Gasteiger charge is -2.18. The molecule has 2 aromatic rings.